The Balaban J connectivity index is 2.50. The average molecular weight is 475 g/mol. The third-order valence-corrected chi connectivity index (χ3v) is 5.89. The first-order chi connectivity index (χ1) is 9.70. The molecule has 4 nitrogen and oxygen atoms in total. The molecule has 21 heavy (non-hydrogen) atoms. The Labute approximate surface area is 148 Å². The molecule has 2 aromatic carbocycles. The molecule has 0 amide bonds. The molecule has 0 spiro atoms. The number of nitrogens with two attached hydrogens (primary N) is 1. The molecule has 0 aliphatic carbocycles. The molecule has 3 N–H and O–H groups in total. The summed E-state index contributed by atoms with van der Waals surface area (Å²) in [7, 11) is -3.89. The molecule has 0 unspecified atom stereocenters. The van der Waals surface area contributed by atoms with E-state index in [0.29, 0.717) is 14.6 Å². The first kappa shape index (κ1) is 16.9. The van der Waals surface area contributed by atoms with Crippen molar-refractivity contribution in [2.24, 2.45) is 0 Å². The SMILES string of the molecule is Nc1ccc(Br)c(S(=O)(=O)Nc2c(Cl)cc(Br)cc2Cl)c1. The molecule has 0 aromatic heterocycles. The van der Waals surface area contributed by atoms with Gasteiger partial charge in [-0.25, -0.2) is 8.42 Å². The molecule has 0 bridgehead atoms. The molecule has 0 saturated carbocycles. The lowest BCUT2D eigenvalue weighted by atomic mass is 10.3. The minimum Gasteiger partial charge on any atom is -0.399 e. The van der Waals surface area contributed by atoms with Gasteiger partial charge in [-0.15, -0.1) is 0 Å². The van der Waals surface area contributed by atoms with Crippen LogP contribution in [-0.4, -0.2) is 8.42 Å². The predicted molar refractivity (Wildman–Crippen MR) is 93.5 cm³/mol. The van der Waals surface area contributed by atoms with Crippen LogP contribution in [-0.2, 0) is 10.0 Å². The Hall–Kier alpha value is -0.470. The van der Waals surface area contributed by atoms with Gasteiger partial charge < -0.3 is 5.73 Å². The summed E-state index contributed by atoms with van der Waals surface area (Å²) in [4.78, 5) is -0.00227. The van der Waals surface area contributed by atoms with E-state index in [4.69, 9.17) is 28.9 Å². The van der Waals surface area contributed by atoms with Crippen molar-refractivity contribution in [3.63, 3.8) is 0 Å². The number of nitrogens with one attached hydrogen (secondary N) is 1. The zero-order valence-electron chi connectivity index (χ0n) is 10.2. The highest BCUT2D eigenvalue weighted by atomic mass is 79.9. The van der Waals surface area contributed by atoms with Crippen LogP contribution in [0.5, 0.6) is 0 Å². The summed E-state index contributed by atoms with van der Waals surface area (Å²) in [6.07, 6.45) is 0. The quantitative estimate of drug-likeness (QED) is 0.621. The summed E-state index contributed by atoms with van der Waals surface area (Å²) < 4.78 is 28.3. The van der Waals surface area contributed by atoms with E-state index in [1.165, 1.54) is 6.07 Å². The summed E-state index contributed by atoms with van der Waals surface area (Å²) in [6, 6.07) is 7.56. The van der Waals surface area contributed by atoms with Crippen molar-refractivity contribution in [3.05, 3.63) is 49.3 Å². The molecular weight excluding hydrogens is 467 g/mol. The van der Waals surface area contributed by atoms with Gasteiger partial charge in [-0.05, 0) is 46.3 Å². The van der Waals surface area contributed by atoms with E-state index in [1.807, 2.05) is 0 Å². The smallest absolute Gasteiger partial charge is 0.263 e. The van der Waals surface area contributed by atoms with Crippen molar-refractivity contribution in [2.45, 2.75) is 4.90 Å². The van der Waals surface area contributed by atoms with Crippen LogP contribution in [0.2, 0.25) is 10.0 Å². The molecule has 0 saturated heterocycles. The van der Waals surface area contributed by atoms with Crippen LogP contribution in [0.25, 0.3) is 0 Å². The summed E-state index contributed by atoms with van der Waals surface area (Å²) >= 11 is 18.4. The second-order valence-corrected chi connectivity index (χ2v) is 8.28. The number of hydrogen-bond acceptors (Lipinski definition) is 3. The lowest BCUT2D eigenvalue weighted by Gasteiger charge is -2.13. The van der Waals surface area contributed by atoms with Gasteiger partial charge in [-0.3, -0.25) is 4.72 Å². The number of nitrogen functional groups attached to an aromatic ring is 1. The van der Waals surface area contributed by atoms with Gasteiger partial charge in [-0.1, -0.05) is 39.1 Å². The summed E-state index contributed by atoms with van der Waals surface area (Å²) in [5.74, 6) is 0. The van der Waals surface area contributed by atoms with E-state index < -0.39 is 10.0 Å². The topological polar surface area (TPSA) is 72.2 Å². The number of benzene rings is 2. The summed E-state index contributed by atoms with van der Waals surface area (Å²) in [5.41, 5.74) is 6.06. The molecule has 9 heteroatoms. The van der Waals surface area contributed by atoms with E-state index in [2.05, 4.69) is 36.6 Å². The molecular formula is C12H8Br2Cl2N2O2S. The van der Waals surface area contributed by atoms with Gasteiger partial charge in [-0.2, -0.15) is 0 Å². The molecule has 2 aromatic rings. The van der Waals surface area contributed by atoms with Gasteiger partial charge in [0.1, 0.15) is 4.90 Å². The standard InChI is InChI=1S/C12H8Br2Cl2N2O2S/c13-6-3-9(15)12(10(16)4-6)18-21(19,20)11-5-7(17)1-2-8(11)14/h1-5,18H,17H2. The van der Waals surface area contributed by atoms with Crippen molar-refractivity contribution in [1.29, 1.82) is 0 Å². The van der Waals surface area contributed by atoms with Crippen LogP contribution in [0.1, 0.15) is 0 Å². The van der Waals surface area contributed by atoms with E-state index in [1.54, 1.807) is 24.3 Å². The molecule has 0 aliphatic rings. The van der Waals surface area contributed by atoms with Crippen LogP contribution in [0.3, 0.4) is 0 Å². The summed E-state index contributed by atoms with van der Waals surface area (Å²) in [6.45, 7) is 0. The van der Waals surface area contributed by atoms with Crippen molar-refractivity contribution in [2.75, 3.05) is 10.5 Å². The molecule has 2 rings (SSSR count). The fourth-order valence-corrected chi connectivity index (χ4v) is 5.07. The minimum atomic E-state index is -3.89. The lowest BCUT2D eigenvalue weighted by molar-refractivity contribution is 0.601. The van der Waals surface area contributed by atoms with E-state index in [9.17, 15) is 8.42 Å². The van der Waals surface area contributed by atoms with Gasteiger partial charge in [0.05, 0.1) is 15.7 Å². The van der Waals surface area contributed by atoms with Gasteiger partial charge in [0.2, 0.25) is 0 Å². The van der Waals surface area contributed by atoms with Crippen LogP contribution in [0.15, 0.2) is 44.2 Å². The molecule has 0 atom stereocenters. The second kappa shape index (κ2) is 6.34. The van der Waals surface area contributed by atoms with Crippen LogP contribution in [0.4, 0.5) is 11.4 Å². The van der Waals surface area contributed by atoms with E-state index >= 15 is 0 Å². The number of sulfonamides is 1. The maximum Gasteiger partial charge on any atom is 0.263 e. The number of anilines is 2. The highest BCUT2D eigenvalue weighted by molar-refractivity contribution is 9.10. The lowest BCUT2D eigenvalue weighted by Crippen LogP contribution is -2.14. The normalized spacial score (nSPS) is 11.4. The molecule has 0 heterocycles. The zero-order chi connectivity index (χ0) is 15.8. The highest BCUT2D eigenvalue weighted by Gasteiger charge is 2.21. The third kappa shape index (κ3) is 3.84. The predicted octanol–water partition coefficient (Wildman–Crippen LogP) is 4.90. The third-order valence-electron chi connectivity index (χ3n) is 2.49. The maximum absolute atomic E-state index is 12.4. The molecule has 0 radical (unpaired) electrons. The number of hydrogen-bond donors (Lipinski definition) is 2. The van der Waals surface area contributed by atoms with E-state index in [-0.39, 0.29) is 20.6 Å². The Morgan fingerprint density at radius 3 is 2.19 bits per heavy atom. The monoisotopic (exact) mass is 472 g/mol. The van der Waals surface area contributed by atoms with Gasteiger partial charge in [0.15, 0.2) is 0 Å². The molecule has 0 fully saturated rings. The first-order valence-corrected chi connectivity index (χ1v) is 9.25. The van der Waals surface area contributed by atoms with Gasteiger partial charge in [0, 0.05) is 14.6 Å². The van der Waals surface area contributed by atoms with Crippen LogP contribution >= 0.6 is 55.1 Å². The minimum absolute atomic E-state index is 0.00227. The fourth-order valence-electron chi connectivity index (χ4n) is 1.55. The van der Waals surface area contributed by atoms with Gasteiger partial charge >= 0.3 is 0 Å². The maximum atomic E-state index is 12.4. The largest absolute Gasteiger partial charge is 0.399 e. The molecule has 0 aliphatic heterocycles. The summed E-state index contributed by atoms with van der Waals surface area (Å²) in [5, 5.41) is 0.357. The average Bonchev–Trinajstić information content (AvgIpc) is 2.36. The fraction of sp³-hybridized carbons (Fsp3) is 0. The molecule has 112 valence electrons. The van der Waals surface area contributed by atoms with Crippen molar-refractivity contribution in [1.82, 2.24) is 0 Å². The Bertz CT molecular complexity index is 790. The van der Waals surface area contributed by atoms with Crippen molar-refractivity contribution in [3.8, 4) is 0 Å². The van der Waals surface area contributed by atoms with Gasteiger partial charge in [0.25, 0.3) is 10.0 Å². The second-order valence-electron chi connectivity index (χ2n) is 4.04. The number of halogens is 4. The Morgan fingerprint density at radius 2 is 1.62 bits per heavy atom. The first-order valence-electron chi connectivity index (χ1n) is 5.43. The van der Waals surface area contributed by atoms with Crippen molar-refractivity contribution >= 4 is 76.5 Å². The zero-order valence-corrected chi connectivity index (χ0v) is 15.7. The van der Waals surface area contributed by atoms with E-state index in [0.717, 1.165) is 0 Å². The Kier molecular flexibility index (Phi) is 5.10. The highest BCUT2D eigenvalue weighted by Crippen LogP contribution is 2.36. The van der Waals surface area contributed by atoms with Crippen LogP contribution in [0, 0.1) is 0 Å². The van der Waals surface area contributed by atoms with Crippen molar-refractivity contribution < 1.29 is 8.42 Å². The number of rotatable bonds is 3. The van der Waals surface area contributed by atoms with Crippen LogP contribution < -0.4 is 10.5 Å². The Morgan fingerprint density at radius 1 is 1.05 bits per heavy atom.